The predicted octanol–water partition coefficient (Wildman–Crippen LogP) is 0.555. The van der Waals surface area contributed by atoms with Gasteiger partial charge in [0.05, 0.1) is 11.4 Å². The monoisotopic (exact) mass is 282 g/mol. The predicted molar refractivity (Wildman–Crippen MR) is 72.7 cm³/mol. The number of benzene rings is 1. The summed E-state index contributed by atoms with van der Waals surface area (Å²) in [4.78, 5) is 0. The zero-order chi connectivity index (χ0) is 13.7. The third kappa shape index (κ3) is 2.48. The molecule has 0 spiro atoms. The molecule has 0 atom stereocenters. The standard InChI is InChI=1S/C13H18N2O3S/c14-12-3-1-2-10(6-12)7-19(17,18)15-8-13(16,9-15)11-4-5-11/h1-3,6,11,16H,4-5,7-9,14H2. The normalized spacial score (nSPS) is 23.0. The van der Waals surface area contributed by atoms with Crippen LogP contribution in [0.5, 0.6) is 0 Å². The van der Waals surface area contributed by atoms with Crippen LogP contribution in [0.1, 0.15) is 18.4 Å². The third-order valence-electron chi connectivity index (χ3n) is 3.93. The van der Waals surface area contributed by atoms with E-state index in [0.717, 1.165) is 12.8 Å². The Labute approximate surface area is 113 Å². The maximum atomic E-state index is 12.2. The molecule has 19 heavy (non-hydrogen) atoms. The quantitative estimate of drug-likeness (QED) is 0.790. The summed E-state index contributed by atoms with van der Waals surface area (Å²) in [5, 5.41) is 10.2. The Morgan fingerprint density at radius 3 is 2.63 bits per heavy atom. The first-order valence-electron chi connectivity index (χ1n) is 6.44. The number of anilines is 1. The molecule has 0 aromatic heterocycles. The Balaban J connectivity index is 1.67. The summed E-state index contributed by atoms with van der Waals surface area (Å²) < 4.78 is 25.8. The molecular formula is C13H18N2O3S. The summed E-state index contributed by atoms with van der Waals surface area (Å²) in [7, 11) is -3.35. The number of hydrogen-bond acceptors (Lipinski definition) is 4. The minimum atomic E-state index is -3.35. The van der Waals surface area contributed by atoms with Crippen LogP contribution in [0.15, 0.2) is 24.3 Å². The molecule has 2 aliphatic rings. The van der Waals surface area contributed by atoms with Gasteiger partial charge in [0, 0.05) is 18.8 Å². The van der Waals surface area contributed by atoms with Crippen molar-refractivity contribution < 1.29 is 13.5 Å². The van der Waals surface area contributed by atoms with Gasteiger partial charge in [-0.2, -0.15) is 4.31 Å². The van der Waals surface area contributed by atoms with E-state index in [1.54, 1.807) is 24.3 Å². The summed E-state index contributed by atoms with van der Waals surface area (Å²) in [5.74, 6) is 0.241. The van der Waals surface area contributed by atoms with E-state index in [0.29, 0.717) is 17.2 Å². The molecule has 5 nitrogen and oxygen atoms in total. The number of rotatable bonds is 4. The lowest BCUT2D eigenvalue weighted by Crippen LogP contribution is -2.64. The Hall–Kier alpha value is -1.11. The summed E-state index contributed by atoms with van der Waals surface area (Å²) in [6.07, 6.45) is 2.03. The van der Waals surface area contributed by atoms with Crippen LogP contribution in [0.4, 0.5) is 5.69 Å². The van der Waals surface area contributed by atoms with Crippen molar-refractivity contribution in [2.75, 3.05) is 18.8 Å². The molecule has 0 bridgehead atoms. The Morgan fingerprint density at radius 1 is 1.37 bits per heavy atom. The molecule has 1 saturated carbocycles. The molecule has 3 N–H and O–H groups in total. The van der Waals surface area contributed by atoms with Gasteiger partial charge in [0.15, 0.2) is 0 Å². The van der Waals surface area contributed by atoms with Gasteiger partial charge in [-0.15, -0.1) is 0 Å². The average Bonchev–Trinajstić information content (AvgIpc) is 3.07. The molecule has 1 aromatic carbocycles. The van der Waals surface area contributed by atoms with Crippen molar-refractivity contribution in [1.29, 1.82) is 0 Å². The average molecular weight is 282 g/mol. The van der Waals surface area contributed by atoms with Crippen molar-refractivity contribution in [1.82, 2.24) is 4.31 Å². The minimum Gasteiger partial charge on any atom is -0.399 e. The Bertz CT molecular complexity index is 590. The number of sulfonamides is 1. The Morgan fingerprint density at radius 2 is 2.05 bits per heavy atom. The second kappa shape index (κ2) is 4.19. The SMILES string of the molecule is Nc1cccc(CS(=O)(=O)N2CC(O)(C3CC3)C2)c1. The maximum absolute atomic E-state index is 12.2. The third-order valence-corrected chi connectivity index (χ3v) is 5.67. The molecule has 0 amide bonds. The van der Waals surface area contributed by atoms with Crippen molar-refractivity contribution in [3.05, 3.63) is 29.8 Å². The molecule has 0 unspecified atom stereocenters. The topological polar surface area (TPSA) is 83.6 Å². The fourth-order valence-electron chi connectivity index (χ4n) is 2.62. The highest BCUT2D eigenvalue weighted by Crippen LogP contribution is 2.45. The second-order valence-electron chi connectivity index (χ2n) is 5.65. The van der Waals surface area contributed by atoms with Gasteiger partial charge in [-0.1, -0.05) is 12.1 Å². The molecule has 2 fully saturated rings. The van der Waals surface area contributed by atoms with Crippen LogP contribution in [0.3, 0.4) is 0 Å². The van der Waals surface area contributed by atoms with E-state index >= 15 is 0 Å². The number of β-amino-alcohol motifs (C(OH)–C–C–N with tert-alkyl or cyclic N) is 1. The summed E-state index contributed by atoms with van der Waals surface area (Å²) in [6, 6.07) is 6.90. The number of nitrogen functional groups attached to an aromatic ring is 1. The molecular weight excluding hydrogens is 264 g/mol. The second-order valence-corrected chi connectivity index (χ2v) is 7.62. The van der Waals surface area contributed by atoms with Crippen LogP contribution in [0.2, 0.25) is 0 Å². The van der Waals surface area contributed by atoms with Crippen LogP contribution in [0, 0.1) is 5.92 Å². The van der Waals surface area contributed by atoms with E-state index in [-0.39, 0.29) is 18.8 Å². The molecule has 1 aromatic rings. The molecule has 0 radical (unpaired) electrons. The maximum Gasteiger partial charge on any atom is 0.218 e. The van der Waals surface area contributed by atoms with Gasteiger partial charge >= 0.3 is 0 Å². The van der Waals surface area contributed by atoms with Gasteiger partial charge < -0.3 is 10.8 Å². The van der Waals surface area contributed by atoms with Crippen LogP contribution in [0.25, 0.3) is 0 Å². The fourth-order valence-corrected chi connectivity index (χ4v) is 4.25. The highest BCUT2D eigenvalue weighted by molar-refractivity contribution is 7.88. The molecule has 1 aliphatic carbocycles. The van der Waals surface area contributed by atoms with Gasteiger partial charge in [-0.05, 0) is 36.5 Å². The summed E-state index contributed by atoms with van der Waals surface area (Å²) in [5.41, 5.74) is 6.11. The van der Waals surface area contributed by atoms with Gasteiger partial charge in [-0.25, -0.2) is 8.42 Å². The molecule has 104 valence electrons. The molecule has 1 aliphatic heterocycles. The minimum absolute atomic E-state index is 0.0568. The zero-order valence-corrected chi connectivity index (χ0v) is 11.4. The lowest BCUT2D eigenvalue weighted by molar-refractivity contribution is -0.0765. The fraction of sp³-hybridized carbons (Fsp3) is 0.538. The first-order valence-corrected chi connectivity index (χ1v) is 8.05. The van der Waals surface area contributed by atoms with Crippen molar-refractivity contribution in [3.8, 4) is 0 Å². The Kier molecular flexibility index (Phi) is 2.85. The molecule has 3 rings (SSSR count). The number of nitrogens with zero attached hydrogens (tertiary/aromatic N) is 1. The first kappa shape index (κ1) is 12.9. The highest BCUT2D eigenvalue weighted by atomic mass is 32.2. The highest BCUT2D eigenvalue weighted by Gasteiger charge is 2.54. The van der Waals surface area contributed by atoms with Crippen LogP contribution < -0.4 is 5.73 Å². The molecule has 6 heteroatoms. The van der Waals surface area contributed by atoms with E-state index in [1.165, 1.54) is 4.31 Å². The number of aliphatic hydroxyl groups is 1. The lowest BCUT2D eigenvalue weighted by atomic mass is 9.91. The van der Waals surface area contributed by atoms with Crippen LogP contribution >= 0.6 is 0 Å². The van der Waals surface area contributed by atoms with E-state index in [2.05, 4.69) is 0 Å². The summed E-state index contributed by atoms with van der Waals surface area (Å²) in [6.45, 7) is 0.477. The number of hydrogen-bond donors (Lipinski definition) is 2. The largest absolute Gasteiger partial charge is 0.399 e. The van der Waals surface area contributed by atoms with Crippen LogP contribution in [-0.2, 0) is 15.8 Å². The molecule has 1 saturated heterocycles. The van der Waals surface area contributed by atoms with E-state index in [9.17, 15) is 13.5 Å². The van der Waals surface area contributed by atoms with Gasteiger partial charge in [0.1, 0.15) is 0 Å². The van der Waals surface area contributed by atoms with Crippen LogP contribution in [-0.4, -0.2) is 36.5 Å². The van der Waals surface area contributed by atoms with Gasteiger partial charge in [0.2, 0.25) is 10.0 Å². The first-order chi connectivity index (χ1) is 8.89. The van der Waals surface area contributed by atoms with Crippen molar-refractivity contribution in [3.63, 3.8) is 0 Å². The van der Waals surface area contributed by atoms with Gasteiger partial charge in [-0.3, -0.25) is 0 Å². The van der Waals surface area contributed by atoms with Gasteiger partial charge in [0.25, 0.3) is 0 Å². The van der Waals surface area contributed by atoms with E-state index in [4.69, 9.17) is 5.73 Å². The molecule has 1 heterocycles. The summed E-state index contributed by atoms with van der Waals surface area (Å²) >= 11 is 0. The number of nitrogens with two attached hydrogens (primary N) is 1. The van der Waals surface area contributed by atoms with Crippen molar-refractivity contribution >= 4 is 15.7 Å². The van der Waals surface area contributed by atoms with Crippen molar-refractivity contribution in [2.24, 2.45) is 5.92 Å². The smallest absolute Gasteiger partial charge is 0.218 e. The zero-order valence-electron chi connectivity index (χ0n) is 10.6. The van der Waals surface area contributed by atoms with E-state index < -0.39 is 15.6 Å². The lowest BCUT2D eigenvalue weighted by Gasteiger charge is -2.45. The van der Waals surface area contributed by atoms with E-state index in [1.807, 2.05) is 0 Å². The van der Waals surface area contributed by atoms with Crippen molar-refractivity contribution in [2.45, 2.75) is 24.2 Å².